The highest BCUT2D eigenvalue weighted by atomic mass is 127. The molecule has 2 aromatic rings. The molecule has 0 spiro atoms. The Labute approximate surface area is 188 Å². The molecule has 6 nitrogen and oxygen atoms in total. The lowest BCUT2D eigenvalue weighted by atomic mass is 9.98. The van der Waals surface area contributed by atoms with E-state index in [1.54, 1.807) is 25.6 Å². The molecule has 0 aliphatic carbocycles. The molecule has 1 aliphatic heterocycles. The van der Waals surface area contributed by atoms with Crippen LogP contribution in [0.2, 0.25) is 0 Å². The SMILES string of the molecule is CN=C(NCc1nc(C)c(C)s1)N1CCC(c2cc(OC)cc(OC)c2)C1.I. The summed E-state index contributed by atoms with van der Waals surface area (Å²) in [5.41, 5.74) is 2.36. The van der Waals surface area contributed by atoms with Crippen molar-refractivity contribution in [1.29, 1.82) is 0 Å². The highest BCUT2D eigenvalue weighted by Gasteiger charge is 2.27. The summed E-state index contributed by atoms with van der Waals surface area (Å²) in [5.74, 6) is 3.02. The molecule has 2 heterocycles. The van der Waals surface area contributed by atoms with Crippen molar-refractivity contribution in [1.82, 2.24) is 15.2 Å². The van der Waals surface area contributed by atoms with Crippen LogP contribution >= 0.6 is 35.3 Å². The predicted octanol–water partition coefficient (Wildman–Crippen LogP) is 3.96. The van der Waals surface area contributed by atoms with Gasteiger partial charge in [0.2, 0.25) is 0 Å². The molecule has 1 unspecified atom stereocenters. The first-order valence-electron chi connectivity index (χ1n) is 9.15. The molecular formula is C20H29IN4O2S. The minimum absolute atomic E-state index is 0. The number of ether oxygens (including phenoxy) is 2. The quantitative estimate of drug-likeness (QED) is 0.371. The van der Waals surface area contributed by atoms with E-state index in [0.29, 0.717) is 12.5 Å². The Morgan fingerprint density at radius 2 is 1.93 bits per heavy atom. The fourth-order valence-electron chi connectivity index (χ4n) is 3.39. The van der Waals surface area contributed by atoms with Crippen LogP contribution in [-0.2, 0) is 6.54 Å². The minimum atomic E-state index is 0. The van der Waals surface area contributed by atoms with E-state index in [2.05, 4.69) is 46.2 Å². The molecule has 1 fully saturated rings. The van der Waals surface area contributed by atoms with Crippen molar-refractivity contribution in [3.8, 4) is 11.5 Å². The molecule has 0 radical (unpaired) electrons. The van der Waals surface area contributed by atoms with E-state index in [9.17, 15) is 0 Å². The lowest BCUT2D eigenvalue weighted by Crippen LogP contribution is -2.39. The van der Waals surface area contributed by atoms with Crippen molar-refractivity contribution in [3.05, 3.63) is 39.3 Å². The molecule has 0 bridgehead atoms. The van der Waals surface area contributed by atoms with E-state index in [-0.39, 0.29) is 24.0 Å². The summed E-state index contributed by atoms with van der Waals surface area (Å²) in [5, 5.41) is 4.56. The third-order valence-corrected chi connectivity index (χ3v) is 6.09. The Morgan fingerprint density at radius 3 is 2.46 bits per heavy atom. The molecule has 0 amide bonds. The molecule has 1 atom stereocenters. The first kappa shape index (κ1) is 22.7. The number of benzene rings is 1. The van der Waals surface area contributed by atoms with Crippen LogP contribution in [0.3, 0.4) is 0 Å². The number of nitrogens with zero attached hydrogens (tertiary/aromatic N) is 3. The Hall–Kier alpha value is -1.55. The molecule has 1 aliphatic rings. The molecule has 1 saturated heterocycles. The van der Waals surface area contributed by atoms with Crippen LogP contribution in [0.1, 0.15) is 33.5 Å². The third-order valence-electron chi connectivity index (χ3n) is 5.02. The number of rotatable bonds is 5. The number of nitrogens with one attached hydrogen (secondary N) is 1. The van der Waals surface area contributed by atoms with E-state index < -0.39 is 0 Å². The number of methoxy groups -OCH3 is 2. The van der Waals surface area contributed by atoms with Gasteiger partial charge in [0.15, 0.2) is 5.96 Å². The maximum absolute atomic E-state index is 5.42. The van der Waals surface area contributed by atoms with Gasteiger partial charge in [0.25, 0.3) is 0 Å². The van der Waals surface area contributed by atoms with E-state index in [0.717, 1.165) is 47.7 Å². The maximum Gasteiger partial charge on any atom is 0.194 e. The van der Waals surface area contributed by atoms with Crippen LogP contribution in [0.15, 0.2) is 23.2 Å². The topological polar surface area (TPSA) is 59.0 Å². The van der Waals surface area contributed by atoms with Crippen LogP contribution in [0.5, 0.6) is 11.5 Å². The Morgan fingerprint density at radius 1 is 1.25 bits per heavy atom. The number of aliphatic imine (C=N–C) groups is 1. The number of aromatic nitrogens is 1. The van der Waals surface area contributed by atoms with Gasteiger partial charge in [-0.3, -0.25) is 4.99 Å². The fraction of sp³-hybridized carbons (Fsp3) is 0.500. The Balaban J connectivity index is 0.00000280. The minimum Gasteiger partial charge on any atom is -0.497 e. The molecule has 1 aromatic heterocycles. The van der Waals surface area contributed by atoms with Gasteiger partial charge in [-0.05, 0) is 38.0 Å². The molecule has 28 heavy (non-hydrogen) atoms. The summed E-state index contributed by atoms with van der Waals surface area (Å²) < 4.78 is 10.8. The number of likely N-dealkylation sites (tertiary alicyclic amines) is 1. The molecule has 1 N–H and O–H groups in total. The monoisotopic (exact) mass is 516 g/mol. The number of hydrogen-bond donors (Lipinski definition) is 1. The lowest BCUT2D eigenvalue weighted by molar-refractivity contribution is 0.392. The normalized spacial score (nSPS) is 16.7. The van der Waals surface area contributed by atoms with Gasteiger partial charge in [0, 0.05) is 37.0 Å². The van der Waals surface area contributed by atoms with Crippen molar-refractivity contribution >= 4 is 41.3 Å². The highest BCUT2D eigenvalue weighted by molar-refractivity contribution is 14.0. The molecule has 1 aromatic carbocycles. The van der Waals surface area contributed by atoms with Crippen molar-refractivity contribution in [2.45, 2.75) is 32.7 Å². The van der Waals surface area contributed by atoms with E-state index in [1.807, 2.05) is 13.1 Å². The zero-order valence-corrected chi connectivity index (χ0v) is 20.3. The van der Waals surface area contributed by atoms with E-state index >= 15 is 0 Å². The van der Waals surface area contributed by atoms with Crippen LogP contribution in [0.25, 0.3) is 0 Å². The van der Waals surface area contributed by atoms with Gasteiger partial charge in [-0.2, -0.15) is 0 Å². The van der Waals surface area contributed by atoms with Crippen molar-refractivity contribution in [3.63, 3.8) is 0 Å². The number of hydrogen-bond acceptors (Lipinski definition) is 5. The van der Waals surface area contributed by atoms with E-state index in [4.69, 9.17) is 9.47 Å². The summed E-state index contributed by atoms with van der Waals surface area (Å²) in [6, 6.07) is 6.12. The van der Waals surface area contributed by atoms with Crippen molar-refractivity contribution in [2.75, 3.05) is 34.4 Å². The second-order valence-electron chi connectivity index (χ2n) is 6.73. The zero-order valence-electron chi connectivity index (χ0n) is 17.1. The Kier molecular flexibility index (Phi) is 8.36. The third kappa shape index (κ3) is 5.28. The van der Waals surface area contributed by atoms with Gasteiger partial charge in [0.05, 0.1) is 26.5 Å². The predicted molar refractivity (Wildman–Crippen MR) is 126 cm³/mol. The summed E-state index contributed by atoms with van der Waals surface area (Å²) in [4.78, 5) is 12.6. The first-order chi connectivity index (χ1) is 13.0. The van der Waals surface area contributed by atoms with Crippen LogP contribution < -0.4 is 14.8 Å². The van der Waals surface area contributed by atoms with Crippen molar-refractivity contribution in [2.24, 2.45) is 4.99 Å². The smallest absolute Gasteiger partial charge is 0.194 e. The van der Waals surface area contributed by atoms with Gasteiger partial charge in [-0.15, -0.1) is 35.3 Å². The maximum atomic E-state index is 5.42. The lowest BCUT2D eigenvalue weighted by Gasteiger charge is -2.21. The number of aryl methyl sites for hydroxylation is 2. The van der Waals surface area contributed by atoms with Gasteiger partial charge in [0.1, 0.15) is 16.5 Å². The summed E-state index contributed by atoms with van der Waals surface area (Å²) >= 11 is 1.74. The molecule has 8 heteroatoms. The molecule has 154 valence electrons. The van der Waals surface area contributed by atoms with Crippen LogP contribution in [-0.4, -0.2) is 50.2 Å². The molecule has 0 saturated carbocycles. The molecule has 3 rings (SSSR count). The largest absolute Gasteiger partial charge is 0.497 e. The van der Waals surface area contributed by atoms with Gasteiger partial charge in [-0.25, -0.2) is 4.98 Å². The second-order valence-corrected chi connectivity index (χ2v) is 8.02. The fourth-order valence-corrected chi connectivity index (χ4v) is 4.27. The second kappa shape index (κ2) is 10.3. The first-order valence-corrected chi connectivity index (χ1v) is 9.97. The average molecular weight is 516 g/mol. The number of thiazole rings is 1. The van der Waals surface area contributed by atoms with Crippen molar-refractivity contribution < 1.29 is 9.47 Å². The average Bonchev–Trinajstić information content (AvgIpc) is 3.29. The summed E-state index contributed by atoms with van der Waals surface area (Å²) in [6.45, 7) is 6.77. The summed E-state index contributed by atoms with van der Waals surface area (Å²) in [7, 11) is 5.21. The van der Waals surface area contributed by atoms with Gasteiger partial charge in [-0.1, -0.05) is 0 Å². The zero-order chi connectivity index (χ0) is 19.4. The van der Waals surface area contributed by atoms with E-state index in [1.165, 1.54) is 10.4 Å². The summed E-state index contributed by atoms with van der Waals surface area (Å²) in [6.07, 6.45) is 1.08. The molecular weight excluding hydrogens is 487 g/mol. The Bertz CT molecular complexity index is 783. The standard InChI is InChI=1S/C20H28N4O2S.HI/c1-13-14(2)27-19(23-13)11-22-20(21-3)24-7-6-15(12-24)16-8-17(25-4)10-18(9-16)26-5;/h8-10,15H,6-7,11-12H2,1-5H3,(H,21,22);1H. The van der Waals surface area contributed by atoms with Crippen LogP contribution in [0.4, 0.5) is 0 Å². The number of halogens is 1. The van der Waals surface area contributed by atoms with Gasteiger partial charge >= 0.3 is 0 Å². The highest BCUT2D eigenvalue weighted by Crippen LogP contribution is 2.33. The number of guanidine groups is 1. The van der Waals surface area contributed by atoms with Crippen LogP contribution in [0, 0.1) is 13.8 Å². The van der Waals surface area contributed by atoms with Gasteiger partial charge < -0.3 is 19.7 Å².